The van der Waals surface area contributed by atoms with E-state index >= 15 is 0 Å². The van der Waals surface area contributed by atoms with Crippen molar-refractivity contribution >= 4 is 10.0 Å². The minimum atomic E-state index is -4.62. The van der Waals surface area contributed by atoms with Crippen LogP contribution in [0.25, 0.3) is 11.3 Å². The van der Waals surface area contributed by atoms with Crippen LogP contribution in [0.3, 0.4) is 0 Å². The maximum absolute atomic E-state index is 12.9. The minimum Gasteiger partial charge on any atom is -0.441 e. The second-order valence-corrected chi connectivity index (χ2v) is 7.89. The lowest BCUT2D eigenvalue weighted by molar-refractivity contribution is -0.231. The monoisotopic (exact) mass is 390 g/mol. The van der Waals surface area contributed by atoms with Gasteiger partial charge in [-0.05, 0) is 18.6 Å². The average Bonchev–Trinajstić information content (AvgIpc) is 3.01. The lowest BCUT2D eigenvalue weighted by Crippen LogP contribution is -2.51. The van der Waals surface area contributed by atoms with Gasteiger partial charge in [0.05, 0.1) is 17.7 Å². The Morgan fingerprint density at radius 1 is 1.27 bits per heavy atom. The molecule has 0 amide bonds. The van der Waals surface area contributed by atoms with Crippen molar-refractivity contribution in [3.8, 4) is 11.3 Å². The highest BCUT2D eigenvalue weighted by atomic mass is 32.2. The molecule has 0 bridgehead atoms. The van der Waals surface area contributed by atoms with Crippen molar-refractivity contribution in [2.75, 3.05) is 19.7 Å². The SMILES string of the molecule is Cc1ncc(-c2ccc(C)c(S(=O)(=O)N3CCO[C@@H](C(F)(F)F)C3)c2)o1. The van der Waals surface area contributed by atoms with Crippen molar-refractivity contribution in [3.63, 3.8) is 0 Å². The predicted molar refractivity (Wildman–Crippen MR) is 86.0 cm³/mol. The van der Waals surface area contributed by atoms with Crippen molar-refractivity contribution in [3.05, 3.63) is 35.9 Å². The quantitative estimate of drug-likeness (QED) is 0.806. The van der Waals surface area contributed by atoms with Crippen molar-refractivity contribution in [2.24, 2.45) is 0 Å². The number of morpholine rings is 1. The van der Waals surface area contributed by atoms with E-state index in [4.69, 9.17) is 4.42 Å². The van der Waals surface area contributed by atoms with Gasteiger partial charge in [-0.15, -0.1) is 0 Å². The molecule has 142 valence electrons. The van der Waals surface area contributed by atoms with Crippen LogP contribution in [-0.4, -0.2) is 49.7 Å². The highest BCUT2D eigenvalue weighted by molar-refractivity contribution is 7.89. The standard InChI is InChI=1S/C16H17F3N2O4S/c1-10-3-4-12(13-8-20-11(2)25-13)7-14(10)26(22,23)21-5-6-24-15(9-21)16(17,18)19/h3-4,7-8,15H,5-6,9H2,1-2H3/t15-/m1/s1. The van der Waals surface area contributed by atoms with Crippen LogP contribution >= 0.6 is 0 Å². The van der Waals surface area contributed by atoms with Gasteiger partial charge in [-0.2, -0.15) is 17.5 Å². The third-order valence-corrected chi connectivity index (χ3v) is 6.11. The molecular formula is C16H17F3N2O4S. The van der Waals surface area contributed by atoms with Crippen LogP contribution in [0.2, 0.25) is 0 Å². The fourth-order valence-corrected chi connectivity index (χ4v) is 4.38. The number of nitrogens with zero attached hydrogens (tertiary/aromatic N) is 2. The molecule has 1 aliphatic heterocycles. The number of aryl methyl sites for hydroxylation is 2. The van der Waals surface area contributed by atoms with E-state index in [-0.39, 0.29) is 18.0 Å². The third-order valence-electron chi connectivity index (χ3n) is 4.11. The van der Waals surface area contributed by atoms with E-state index in [9.17, 15) is 21.6 Å². The van der Waals surface area contributed by atoms with Gasteiger partial charge < -0.3 is 9.15 Å². The maximum atomic E-state index is 12.9. The van der Waals surface area contributed by atoms with Crippen LogP contribution in [0.1, 0.15) is 11.5 Å². The number of rotatable bonds is 3. The molecule has 26 heavy (non-hydrogen) atoms. The summed E-state index contributed by atoms with van der Waals surface area (Å²) in [5.41, 5.74) is 0.912. The van der Waals surface area contributed by atoms with Gasteiger partial charge in [-0.25, -0.2) is 13.4 Å². The summed E-state index contributed by atoms with van der Waals surface area (Å²) in [6.07, 6.45) is -5.29. The Morgan fingerprint density at radius 2 is 2.00 bits per heavy atom. The molecule has 0 aliphatic carbocycles. The number of oxazole rings is 1. The van der Waals surface area contributed by atoms with Crippen LogP contribution in [0.15, 0.2) is 33.7 Å². The molecular weight excluding hydrogens is 373 g/mol. The molecule has 0 saturated carbocycles. The molecule has 2 aromatic rings. The zero-order valence-corrected chi connectivity index (χ0v) is 14.9. The van der Waals surface area contributed by atoms with Crippen LogP contribution in [0, 0.1) is 13.8 Å². The summed E-state index contributed by atoms with van der Waals surface area (Å²) >= 11 is 0. The summed E-state index contributed by atoms with van der Waals surface area (Å²) in [6.45, 7) is 2.02. The number of ether oxygens (including phenoxy) is 1. The van der Waals surface area contributed by atoms with E-state index in [0.717, 1.165) is 4.31 Å². The van der Waals surface area contributed by atoms with E-state index in [2.05, 4.69) is 9.72 Å². The largest absolute Gasteiger partial charge is 0.441 e. The van der Waals surface area contributed by atoms with Gasteiger partial charge in [0.15, 0.2) is 17.8 Å². The molecule has 3 rings (SSSR count). The Bertz CT molecular complexity index is 908. The lowest BCUT2D eigenvalue weighted by atomic mass is 10.1. The third kappa shape index (κ3) is 3.62. The van der Waals surface area contributed by atoms with Crippen LogP contribution < -0.4 is 0 Å². The van der Waals surface area contributed by atoms with Crippen molar-refractivity contribution in [1.82, 2.24) is 9.29 Å². The molecule has 1 aromatic carbocycles. The molecule has 0 spiro atoms. The Kier molecular flexibility index (Phi) is 4.84. The Balaban J connectivity index is 1.96. The molecule has 6 nitrogen and oxygen atoms in total. The van der Waals surface area contributed by atoms with E-state index in [1.165, 1.54) is 12.3 Å². The fraction of sp³-hybridized carbons (Fsp3) is 0.438. The number of benzene rings is 1. The van der Waals surface area contributed by atoms with Crippen molar-refractivity contribution < 1.29 is 30.7 Å². The summed E-state index contributed by atoms with van der Waals surface area (Å²) in [5, 5.41) is 0. The Labute approximate surface area is 148 Å². The summed E-state index contributed by atoms with van der Waals surface area (Å²) in [6, 6.07) is 4.65. The number of aromatic nitrogens is 1. The van der Waals surface area contributed by atoms with Crippen molar-refractivity contribution in [1.29, 1.82) is 0 Å². The first-order valence-electron chi connectivity index (χ1n) is 7.81. The summed E-state index contributed by atoms with van der Waals surface area (Å²) in [5.74, 6) is 0.806. The summed E-state index contributed by atoms with van der Waals surface area (Å²) in [7, 11) is -4.12. The zero-order valence-electron chi connectivity index (χ0n) is 14.1. The molecule has 1 atom stereocenters. The topological polar surface area (TPSA) is 72.6 Å². The zero-order chi connectivity index (χ0) is 19.1. The molecule has 1 saturated heterocycles. The second kappa shape index (κ2) is 6.67. The highest BCUT2D eigenvalue weighted by Crippen LogP contribution is 2.31. The molecule has 2 heterocycles. The van der Waals surface area contributed by atoms with E-state index in [1.54, 1.807) is 26.0 Å². The molecule has 10 heteroatoms. The van der Waals surface area contributed by atoms with Gasteiger partial charge in [0, 0.05) is 25.6 Å². The predicted octanol–water partition coefficient (Wildman–Crippen LogP) is 2.91. The number of sulfonamides is 1. The number of hydrogen-bond acceptors (Lipinski definition) is 5. The van der Waals surface area contributed by atoms with Crippen LogP contribution in [-0.2, 0) is 14.8 Å². The Hall–Kier alpha value is -1.91. The first-order chi connectivity index (χ1) is 12.1. The van der Waals surface area contributed by atoms with Gasteiger partial charge in [0.1, 0.15) is 0 Å². The molecule has 1 aromatic heterocycles. The van der Waals surface area contributed by atoms with Crippen LogP contribution in [0.4, 0.5) is 13.2 Å². The summed E-state index contributed by atoms with van der Waals surface area (Å²) < 4.78 is 75.5. The molecule has 0 radical (unpaired) electrons. The van der Waals surface area contributed by atoms with Crippen molar-refractivity contribution in [2.45, 2.75) is 31.0 Å². The van der Waals surface area contributed by atoms with Gasteiger partial charge in [0.2, 0.25) is 10.0 Å². The number of alkyl halides is 3. The van der Waals surface area contributed by atoms with Gasteiger partial charge in [-0.1, -0.05) is 12.1 Å². The minimum absolute atomic E-state index is 0.0631. The van der Waals surface area contributed by atoms with Gasteiger partial charge in [0.25, 0.3) is 0 Å². The number of halogens is 3. The molecule has 0 unspecified atom stereocenters. The lowest BCUT2D eigenvalue weighted by Gasteiger charge is -2.33. The van der Waals surface area contributed by atoms with Gasteiger partial charge in [-0.3, -0.25) is 0 Å². The Morgan fingerprint density at radius 3 is 2.62 bits per heavy atom. The molecule has 1 fully saturated rings. The van der Waals surface area contributed by atoms with E-state index in [1.807, 2.05) is 0 Å². The van der Waals surface area contributed by atoms with E-state index < -0.39 is 28.8 Å². The molecule has 1 aliphatic rings. The first kappa shape index (κ1) is 18.9. The van der Waals surface area contributed by atoms with E-state index in [0.29, 0.717) is 22.8 Å². The average molecular weight is 390 g/mol. The normalized spacial score (nSPS) is 19.7. The second-order valence-electron chi connectivity index (χ2n) is 5.99. The molecule has 0 N–H and O–H groups in total. The first-order valence-corrected chi connectivity index (χ1v) is 9.25. The highest BCUT2D eigenvalue weighted by Gasteiger charge is 2.46. The fourth-order valence-electron chi connectivity index (χ4n) is 2.71. The number of hydrogen-bond donors (Lipinski definition) is 0. The maximum Gasteiger partial charge on any atom is 0.415 e. The smallest absolute Gasteiger partial charge is 0.415 e. The van der Waals surface area contributed by atoms with Gasteiger partial charge >= 0.3 is 6.18 Å². The van der Waals surface area contributed by atoms with Crippen LogP contribution in [0.5, 0.6) is 0 Å². The summed E-state index contributed by atoms with van der Waals surface area (Å²) in [4.78, 5) is 3.90.